The summed E-state index contributed by atoms with van der Waals surface area (Å²) in [5.41, 5.74) is 1.10. The predicted molar refractivity (Wildman–Crippen MR) is 64.0 cm³/mol. The van der Waals surface area contributed by atoms with Crippen molar-refractivity contribution in [2.75, 3.05) is 12.4 Å². The third-order valence-electron chi connectivity index (χ3n) is 2.36. The lowest BCUT2D eigenvalue weighted by molar-refractivity contribution is 0.414. The number of methoxy groups -OCH3 is 1. The number of aromatic nitrogens is 2. The van der Waals surface area contributed by atoms with Crippen molar-refractivity contribution >= 4 is 6.01 Å². The van der Waals surface area contributed by atoms with E-state index in [1.807, 2.05) is 31.2 Å². The first kappa shape index (κ1) is 11.4. The summed E-state index contributed by atoms with van der Waals surface area (Å²) in [6.45, 7) is 2.61. The predicted octanol–water partition coefficient (Wildman–Crippen LogP) is 2.25. The van der Waals surface area contributed by atoms with Crippen molar-refractivity contribution in [3.63, 3.8) is 0 Å². The van der Waals surface area contributed by atoms with E-state index in [1.54, 1.807) is 7.11 Å². The summed E-state index contributed by atoms with van der Waals surface area (Å²) in [5, 5.41) is 6.88. The Balaban J connectivity index is 1.96. The molecule has 0 fully saturated rings. The van der Waals surface area contributed by atoms with Crippen molar-refractivity contribution in [1.29, 1.82) is 0 Å². The molecule has 5 nitrogen and oxygen atoms in total. The maximum atomic E-state index is 5.15. The van der Waals surface area contributed by atoms with Gasteiger partial charge in [0.05, 0.1) is 7.11 Å². The summed E-state index contributed by atoms with van der Waals surface area (Å²) in [6.07, 6.45) is 0.768. The second kappa shape index (κ2) is 5.34. The Kier molecular flexibility index (Phi) is 3.59. The minimum absolute atomic E-state index is 0.449. The molecular weight excluding hydrogens is 218 g/mol. The van der Waals surface area contributed by atoms with Crippen LogP contribution in [0.2, 0.25) is 0 Å². The molecule has 0 saturated carbocycles. The van der Waals surface area contributed by atoms with Gasteiger partial charge >= 0.3 is 6.01 Å². The smallest absolute Gasteiger partial charge is 0.321 e. The molecule has 1 aromatic heterocycles. The highest BCUT2D eigenvalue weighted by molar-refractivity contribution is 5.31. The molecule has 0 aliphatic carbocycles. The standard InChI is InChI=1S/C12H15N3O2/c1-3-11-14-12(17-15-11)13-8-9-5-4-6-10(7-9)16-2/h4-7H,3,8H2,1-2H3,(H,13,14,15). The summed E-state index contributed by atoms with van der Waals surface area (Å²) >= 11 is 0. The second-order valence-corrected chi connectivity index (χ2v) is 3.57. The maximum absolute atomic E-state index is 5.15. The number of hydrogen-bond acceptors (Lipinski definition) is 5. The molecule has 0 bridgehead atoms. The molecule has 0 radical (unpaired) electrons. The van der Waals surface area contributed by atoms with Gasteiger partial charge in [0.25, 0.3) is 0 Å². The van der Waals surface area contributed by atoms with Crippen LogP contribution in [0.5, 0.6) is 5.75 Å². The summed E-state index contributed by atoms with van der Waals surface area (Å²) < 4.78 is 10.2. The minimum Gasteiger partial charge on any atom is -0.497 e. The third-order valence-corrected chi connectivity index (χ3v) is 2.36. The van der Waals surface area contributed by atoms with Crippen molar-refractivity contribution in [2.45, 2.75) is 19.9 Å². The van der Waals surface area contributed by atoms with Crippen LogP contribution in [0.25, 0.3) is 0 Å². The molecule has 1 N–H and O–H groups in total. The Hall–Kier alpha value is -2.04. The van der Waals surface area contributed by atoms with Gasteiger partial charge in [-0.05, 0) is 17.7 Å². The monoisotopic (exact) mass is 233 g/mol. The lowest BCUT2D eigenvalue weighted by Crippen LogP contribution is -2.00. The SMILES string of the molecule is CCc1noc(NCc2cccc(OC)c2)n1. The van der Waals surface area contributed by atoms with E-state index < -0.39 is 0 Å². The second-order valence-electron chi connectivity index (χ2n) is 3.57. The van der Waals surface area contributed by atoms with Crippen LogP contribution in [-0.4, -0.2) is 17.3 Å². The number of nitrogens with zero attached hydrogens (tertiary/aromatic N) is 2. The zero-order valence-electron chi connectivity index (χ0n) is 9.93. The Morgan fingerprint density at radius 3 is 3.00 bits per heavy atom. The Labute approximate surface area is 99.8 Å². The zero-order chi connectivity index (χ0) is 12.1. The number of hydrogen-bond donors (Lipinski definition) is 1. The largest absolute Gasteiger partial charge is 0.497 e. The minimum atomic E-state index is 0.449. The van der Waals surface area contributed by atoms with Crippen molar-refractivity contribution in [3.8, 4) is 5.75 Å². The van der Waals surface area contributed by atoms with Gasteiger partial charge in [0.2, 0.25) is 0 Å². The van der Waals surface area contributed by atoms with E-state index in [1.165, 1.54) is 0 Å². The average Bonchev–Trinajstić information content (AvgIpc) is 2.84. The van der Waals surface area contributed by atoms with Gasteiger partial charge < -0.3 is 14.6 Å². The van der Waals surface area contributed by atoms with Crippen molar-refractivity contribution in [1.82, 2.24) is 10.1 Å². The molecule has 1 heterocycles. The lowest BCUT2D eigenvalue weighted by Gasteiger charge is -2.04. The molecule has 0 saturated heterocycles. The fraction of sp³-hybridized carbons (Fsp3) is 0.333. The highest BCUT2D eigenvalue weighted by Gasteiger charge is 2.03. The van der Waals surface area contributed by atoms with Gasteiger partial charge in [0.15, 0.2) is 5.82 Å². The first-order valence-corrected chi connectivity index (χ1v) is 5.51. The molecule has 0 aliphatic heterocycles. The molecule has 2 rings (SSSR count). The van der Waals surface area contributed by atoms with Crippen LogP contribution in [0.1, 0.15) is 18.3 Å². The van der Waals surface area contributed by atoms with Crippen LogP contribution in [0.4, 0.5) is 6.01 Å². The molecule has 0 unspecified atom stereocenters. The van der Waals surface area contributed by atoms with E-state index in [2.05, 4.69) is 15.5 Å². The molecule has 0 amide bonds. The van der Waals surface area contributed by atoms with Crippen molar-refractivity contribution in [2.24, 2.45) is 0 Å². The van der Waals surface area contributed by atoms with Crippen LogP contribution in [0.15, 0.2) is 28.8 Å². The summed E-state index contributed by atoms with van der Waals surface area (Å²) in [6, 6.07) is 8.27. The highest BCUT2D eigenvalue weighted by atomic mass is 16.5. The number of rotatable bonds is 5. The number of anilines is 1. The van der Waals surface area contributed by atoms with Gasteiger partial charge in [0, 0.05) is 13.0 Å². The number of nitrogens with one attached hydrogen (secondary N) is 1. The normalized spacial score (nSPS) is 10.2. The van der Waals surface area contributed by atoms with E-state index in [0.29, 0.717) is 18.4 Å². The van der Waals surface area contributed by atoms with Crippen molar-refractivity contribution in [3.05, 3.63) is 35.7 Å². The number of benzene rings is 1. The van der Waals surface area contributed by atoms with Gasteiger partial charge in [-0.25, -0.2) is 0 Å². The molecule has 0 atom stereocenters. The van der Waals surface area contributed by atoms with E-state index in [9.17, 15) is 0 Å². The molecule has 0 spiro atoms. The van der Waals surface area contributed by atoms with Crippen LogP contribution < -0.4 is 10.1 Å². The van der Waals surface area contributed by atoms with Gasteiger partial charge in [0.1, 0.15) is 5.75 Å². The van der Waals surface area contributed by atoms with Crippen LogP contribution >= 0.6 is 0 Å². The van der Waals surface area contributed by atoms with Crippen molar-refractivity contribution < 1.29 is 9.26 Å². The number of aryl methyl sites for hydroxylation is 1. The topological polar surface area (TPSA) is 60.2 Å². The molecule has 5 heteroatoms. The van der Waals surface area contributed by atoms with Gasteiger partial charge in [-0.3, -0.25) is 0 Å². The van der Waals surface area contributed by atoms with E-state index >= 15 is 0 Å². The Morgan fingerprint density at radius 1 is 1.41 bits per heavy atom. The fourth-order valence-electron chi connectivity index (χ4n) is 1.43. The number of ether oxygens (including phenoxy) is 1. The first-order valence-electron chi connectivity index (χ1n) is 5.51. The van der Waals surface area contributed by atoms with Gasteiger partial charge in [-0.15, -0.1) is 0 Å². The summed E-state index contributed by atoms with van der Waals surface area (Å²) in [5.74, 6) is 1.54. The Morgan fingerprint density at radius 2 is 2.29 bits per heavy atom. The fourth-order valence-corrected chi connectivity index (χ4v) is 1.43. The molecule has 90 valence electrons. The van der Waals surface area contributed by atoms with Gasteiger partial charge in [-0.2, -0.15) is 4.98 Å². The van der Waals surface area contributed by atoms with E-state index in [0.717, 1.165) is 17.7 Å². The first-order chi connectivity index (χ1) is 8.31. The Bertz CT molecular complexity index is 482. The third kappa shape index (κ3) is 2.96. The quantitative estimate of drug-likeness (QED) is 0.858. The summed E-state index contributed by atoms with van der Waals surface area (Å²) in [7, 11) is 1.65. The molecular formula is C12H15N3O2. The van der Waals surface area contributed by atoms with Crippen LogP contribution in [0, 0.1) is 0 Å². The molecule has 17 heavy (non-hydrogen) atoms. The molecule has 2 aromatic rings. The lowest BCUT2D eigenvalue weighted by atomic mass is 10.2. The molecule has 1 aromatic carbocycles. The highest BCUT2D eigenvalue weighted by Crippen LogP contribution is 2.14. The van der Waals surface area contributed by atoms with E-state index in [-0.39, 0.29) is 0 Å². The zero-order valence-corrected chi connectivity index (χ0v) is 9.93. The molecule has 0 aliphatic rings. The average molecular weight is 233 g/mol. The van der Waals surface area contributed by atoms with Crippen LogP contribution in [-0.2, 0) is 13.0 Å². The van der Waals surface area contributed by atoms with Crippen LogP contribution in [0.3, 0.4) is 0 Å². The van der Waals surface area contributed by atoms with E-state index in [4.69, 9.17) is 9.26 Å². The van der Waals surface area contributed by atoms with Gasteiger partial charge in [-0.1, -0.05) is 24.2 Å². The maximum Gasteiger partial charge on any atom is 0.321 e. The summed E-state index contributed by atoms with van der Waals surface area (Å²) in [4.78, 5) is 4.17.